The van der Waals surface area contributed by atoms with E-state index in [1.807, 2.05) is 32.0 Å². The van der Waals surface area contributed by atoms with Gasteiger partial charge in [0.1, 0.15) is 11.9 Å². The van der Waals surface area contributed by atoms with E-state index in [1.54, 1.807) is 31.3 Å². The van der Waals surface area contributed by atoms with Crippen LogP contribution < -0.4 is 0 Å². The third-order valence-electron chi connectivity index (χ3n) is 8.54. The van der Waals surface area contributed by atoms with Gasteiger partial charge >= 0.3 is 5.97 Å². The van der Waals surface area contributed by atoms with Crippen LogP contribution in [0.2, 0.25) is 0 Å². The maximum absolute atomic E-state index is 13.6. The molecule has 8 heteroatoms. The van der Waals surface area contributed by atoms with Crippen LogP contribution in [0.5, 0.6) is 0 Å². The summed E-state index contributed by atoms with van der Waals surface area (Å²) in [7, 11) is 0. The lowest BCUT2D eigenvalue weighted by Gasteiger charge is -2.35. The van der Waals surface area contributed by atoms with Crippen LogP contribution in [0.1, 0.15) is 82.9 Å². The highest BCUT2D eigenvalue weighted by Gasteiger charge is 2.53. The van der Waals surface area contributed by atoms with Gasteiger partial charge in [-0.15, -0.1) is 17.9 Å². The van der Waals surface area contributed by atoms with E-state index in [4.69, 9.17) is 9.47 Å². The summed E-state index contributed by atoms with van der Waals surface area (Å²) in [5, 5.41) is 23.2. The molecule has 7 nitrogen and oxygen atoms in total. The van der Waals surface area contributed by atoms with Gasteiger partial charge in [-0.05, 0) is 56.7 Å². The van der Waals surface area contributed by atoms with Crippen LogP contribution in [0, 0.1) is 24.2 Å². The number of allylic oxidation sites excluding steroid dienone is 1. The molecule has 2 aliphatic rings. The average molecular weight is 544 g/mol. The van der Waals surface area contributed by atoms with E-state index in [1.165, 1.54) is 0 Å². The molecule has 4 rings (SSSR count). The lowest BCUT2D eigenvalue weighted by molar-refractivity contribution is -0.156. The molecular formula is C30H41NO6S. The van der Waals surface area contributed by atoms with Crippen LogP contribution in [-0.4, -0.2) is 50.9 Å². The normalized spacial score (nSPS) is 34.9. The molecule has 2 aromatic rings. The highest BCUT2D eigenvalue weighted by Crippen LogP contribution is 2.47. The molecule has 38 heavy (non-hydrogen) atoms. The number of esters is 1. The van der Waals surface area contributed by atoms with Crippen LogP contribution in [0.15, 0.2) is 30.9 Å². The quantitative estimate of drug-likeness (QED) is 0.301. The molecule has 0 amide bonds. The van der Waals surface area contributed by atoms with Crippen molar-refractivity contribution in [2.45, 2.75) is 103 Å². The number of hydrogen-bond donors (Lipinski definition) is 2. The van der Waals surface area contributed by atoms with Crippen LogP contribution in [-0.2, 0) is 19.1 Å². The summed E-state index contributed by atoms with van der Waals surface area (Å²) in [6.45, 7) is 13.0. The van der Waals surface area contributed by atoms with Crippen LogP contribution >= 0.6 is 11.3 Å². The fraction of sp³-hybridized carbons (Fsp3) is 0.633. The number of thiazole rings is 1. The Kier molecular flexibility index (Phi) is 8.48. The molecule has 2 N–H and O–H groups in total. The van der Waals surface area contributed by atoms with Crippen molar-refractivity contribution in [2.24, 2.45) is 17.3 Å². The number of benzene rings is 1. The van der Waals surface area contributed by atoms with E-state index in [0.717, 1.165) is 40.1 Å². The Balaban J connectivity index is 1.63. The molecule has 7 atom stereocenters. The summed E-state index contributed by atoms with van der Waals surface area (Å²) in [5.74, 6) is -1.68. The number of aliphatic hydroxyl groups is 2. The molecule has 0 bridgehead atoms. The summed E-state index contributed by atoms with van der Waals surface area (Å²) in [6, 6.07) is 5.92. The van der Waals surface area contributed by atoms with Crippen molar-refractivity contribution in [3.05, 3.63) is 41.4 Å². The highest BCUT2D eigenvalue weighted by molar-refractivity contribution is 7.18. The fourth-order valence-electron chi connectivity index (χ4n) is 5.70. The number of cyclic esters (lactones) is 1. The molecule has 2 saturated heterocycles. The van der Waals surface area contributed by atoms with Gasteiger partial charge in [-0.3, -0.25) is 9.59 Å². The van der Waals surface area contributed by atoms with Gasteiger partial charge in [0.05, 0.1) is 51.0 Å². The first-order valence-electron chi connectivity index (χ1n) is 13.6. The Morgan fingerprint density at radius 3 is 2.68 bits per heavy atom. The zero-order valence-electron chi connectivity index (χ0n) is 23.1. The molecular weight excluding hydrogens is 502 g/mol. The van der Waals surface area contributed by atoms with Crippen molar-refractivity contribution in [1.82, 2.24) is 4.98 Å². The zero-order chi connectivity index (χ0) is 27.8. The van der Waals surface area contributed by atoms with Crippen molar-refractivity contribution in [3.63, 3.8) is 0 Å². The summed E-state index contributed by atoms with van der Waals surface area (Å²) in [6.07, 6.45) is 1.71. The third kappa shape index (κ3) is 6.03. The number of rotatable bonds is 3. The molecule has 3 heterocycles. The van der Waals surface area contributed by atoms with Gasteiger partial charge in [-0.25, -0.2) is 4.98 Å². The van der Waals surface area contributed by atoms with E-state index in [2.05, 4.69) is 18.5 Å². The van der Waals surface area contributed by atoms with E-state index < -0.39 is 35.6 Å². The summed E-state index contributed by atoms with van der Waals surface area (Å²) in [5.41, 5.74) is 0.115. The fourth-order valence-corrected chi connectivity index (χ4v) is 6.51. The van der Waals surface area contributed by atoms with Gasteiger partial charge in [-0.2, -0.15) is 0 Å². The molecule has 0 radical (unpaired) electrons. The topological polar surface area (TPSA) is 109 Å². The Hall–Kier alpha value is -2.13. The molecule has 2 fully saturated rings. The van der Waals surface area contributed by atoms with Crippen molar-refractivity contribution in [3.8, 4) is 0 Å². The minimum Gasteiger partial charge on any atom is -0.457 e. The molecule has 0 aliphatic carbocycles. The van der Waals surface area contributed by atoms with Crippen molar-refractivity contribution >= 4 is 33.3 Å². The van der Waals surface area contributed by atoms with Crippen LogP contribution in [0.25, 0.3) is 10.2 Å². The number of ketones is 1. The summed E-state index contributed by atoms with van der Waals surface area (Å²) >= 11 is 1.61. The van der Waals surface area contributed by atoms with Crippen LogP contribution in [0.4, 0.5) is 0 Å². The number of fused-ring (bicyclic) bond motifs is 2. The molecule has 0 unspecified atom stereocenters. The van der Waals surface area contributed by atoms with Crippen molar-refractivity contribution in [1.29, 1.82) is 0 Å². The lowest BCUT2D eigenvalue weighted by atomic mass is 9.71. The Morgan fingerprint density at radius 1 is 1.24 bits per heavy atom. The van der Waals surface area contributed by atoms with Crippen molar-refractivity contribution in [2.75, 3.05) is 0 Å². The van der Waals surface area contributed by atoms with E-state index in [-0.39, 0.29) is 29.8 Å². The Bertz CT molecular complexity index is 1190. The van der Waals surface area contributed by atoms with Gasteiger partial charge in [0, 0.05) is 12.3 Å². The second-order valence-corrected chi connectivity index (χ2v) is 13.1. The number of ether oxygens (including phenoxy) is 2. The predicted molar refractivity (Wildman–Crippen MR) is 148 cm³/mol. The molecule has 1 aromatic carbocycles. The number of Topliss-reactive ketones (excluding diaryl/α,β-unsaturated/α-hetero) is 1. The minimum absolute atomic E-state index is 0.0715. The van der Waals surface area contributed by atoms with Crippen molar-refractivity contribution < 1.29 is 29.3 Å². The summed E-state index contributed by atoms with van der Waals surface area (Å²) in [4.78, 5) is 31.3. The summed E-state index contributed by atoms with van der Waals surface area (Å²) < 4.78 is 13.2. The predicted octanol–water partition coefficient (Wildman–Crippen LogP) is 5.46. The number of carbonyl (C=O) groups excluding carboxylic acids is 2. The lowest BCUT2D eigenvalue weighted by Crippen LogP contribution is -2.46. The third-order valence-corrected chi connectivity index (χ3v) is 9.49. The van der Waals surface area contributed by atoms with Gasteiger partial charge in [0.25, 0.3) is 0 Å². The highest BCUT2D eigenvalue weighted by atomic mass is 32.1. The number of hydrogen-bond acceptors (Lipinski definition) is 8. The second-order valence-electron chi connectivity index (χ2n) is 11.9. The number of aromatic nitrogens is 1. The molecule has 0 saturated carbocycles. The number of epoxide rings is 1. The second kappa shape index (κ2) is 11.2. The molecule has 2 aliphatic heterocycles. The standard InChI is InChI=1S/C30H41NO6S/c1-7-9-20-27(34)17(2)10-8-13-30(6)25(37-30)15-22(19-11-12-23-21(14-19)31-18(3)38-23)36-26(33)16-24(32)29(4,5)28(20)35/h7,11-12,14,17,20,22,24-25,27,32,34H,1,8-10,13,15-16H2,2-6H3/t17-,20-,22-,24-,25-,27+,30+/m0/s1. The van der Waals surface area contributed by atoms with Gasteiger partial charge in [0.2, 0.25) is 0 Å². The van der Waals surface area contributed by atoms with Gasteiger partial charge in [-0.1, -0.05) is 39.3 Å². The first-order chi connectivity index (χ1) is 17.9. The minimum atomic E-state index is -1.27. The Morgan fingerprint density at radius 2 is 1.97 bits per heavy atom. The first kappa shape index (κ1) is 28.9. The van der Waals surface area contributed by atoms with E-state index in [9.17, 15) is 19.8 Å². The van der Waals surface area contributed by atoms with Gasteiger partial charge in [0.15, 0.2) is 0 Å². The smallest absolute Gasteiger partial charge is 0.309 e. The SMILES string of the molecule is C=CC[C@@H]1C(=O)C(C)(C)[C@@H](O)CC(=O)O[C@H](c2ccc3sc(C)nc3c2)C[C@@H]2O[C@]2(C)CCC[C@H](C)[C@H]1O. The molecule has 1 aromatic heterocycles. The number of aryl methyl sites for hydroxylation is 1. The first-order valence-corrected chi connectivity index (χ1v) is 14.4. The maximum atomic E-state index is 13.6. The molecule has 208 valence electrons. The van der Waals surface area contributed by atoms with Crippen LogP contribution in [0.3, 0.4) is 0 Å². The van der Waals surface area contributed by atoms with E-state index in [0.29, 0.717) is 12.8 Å². The monoisotopic (exact) mass is 543 g/mol. The maximum Gasteiger partial charge on any atom is 0.309 e. The van der Waals surface area contributed by atoms with E-state index >= 15 is 0 Å². The molecule has 0 spiro atoms. The number of nitrogens with zero attached hydrogens (tertiary/aromatic N) is 1. The largest absolute Gasteiger partial charge is 0.457 e. The zero-order valence-corrected chi connectivity index (χ0v) is 23.9. The average Bonchev–Trinajstić information content (AvgIpc) is 3.32. The number of aliphatic hydroxyl groups excluding tert-OH is 2. The number of carbonyl (C=O) groups is 2. The Labute approximate surface area is 229 Å². The van der Waals surface area contributed by atoms with Gasteiger partial charge < -0.3 is 19.7 Å².